The lowest BCUT2D eigenvalue weighted by atomic mass is 10.1. The average Bonchev–Trinajstić information content (AvgIpc) is 2.44. The van der Waals surface area contributed by atoms with Crippen molar-refractivity contribution in [1.82, 2.24) is 4.98 Å². The van der Waals surface area contributed by atoms with Crippen molar-refractivity contribution in [2.45, 2.75) is 19.4 Å². The molecule has 0 aliphatic rings. The molecule has 0 amide bonds. The second-order valence-electron chi connectivity index (χ2n) is 4.22. The molecule has 19 heavy (non-hydrogen) atoms. The Labute approximate surface area is 110 Å². The van der Waals surface area contributed by atoms with E-state index in [9.17, 15) is 15.2 Å². The minimum absolute atomic E-state index is 0.0781. The molecule has 1 atom stereocenters. The van der Waals surface area contributed by atoms with Crippen molar-refractivity contribution in [3.05, 3.63) is 40.6 Å². The van der Waals surface area contributed by atoms with Crippen molar-refractivity contribution in [1.29, 1.82) is 0 Å². The van der Waals surface area contributed by atoms with Gasteiger partial charge in [0.25, 0.3) is 0 Å². The van der Waals surface area contributed by atoms with Crippen LogP contribution in [0.3, 0.4) is 0 Å². The van der Waals surface area contributed by atoms with Gasteiger partial charge in [-0.15, -0.1) is 0 Å². The van der Waals surface area contributed by atoms with Crippen LogP contribution in [0.25, 0.3) is 10.9 Å². The van der Waals surface area contributed by atoms with E-state index in [1.54, 1.807) is 18.2 Å². The Morgan fingerprint density at radius 2 is 2.21 bits per heavy atom. The first-order valence-electron chi connectivity index (χ1n) is 6.07. The number of hydrogen-bond acceptors (Lipinski definition) is 5. The van der Waals surface area contributed by atoms with Crippen molar-refractivity contribution < 1.29 is 10.0 Å². The van der Waals surface area contributed by atoms with Gasteiger partial charge >= 0.3 is 5.69 Å². The van der Waals surface area contributed by atoms with Crippen molar-refractivity contribution in [3.63, 3.8) is 0 Å². The van der Waals surface area contributed by atoms with Gasteiger partial charge in [0.2, 0.25) is 0 Å². The highest BCUT2D eigenvalue weighted by Gasteiger charge is 2.19. The van der Waals surface area contributed by atoms with Gasteiger partial charge in [-0.3, -0.25) is 10.1 Å². The largest absolute Gasteiger partial charge is 0.394 e. The van der Waals surface area contributed by atoms with Crippen LogP contribution in [0.1, 0.15) is 13.3 Å². The summed E-state index contributed by atoms with van der Waals surface area (Å²) in [6.07, 6.45) is 1.92. The monoisotopic (exact) mass is 261 g/mol. The quantitative estimate of drug-likeness (QED) is 0.637. The lowest BCUT2D eigenvalue weighted by Crippen LogP contribution is -2.23. The first-order chi connectivity index (χ1) is 9.17. The van der Waals surface area contributed by atoms with Crippen molar-refractivity contribution in [2.24, 2.45) is 0 Å². The maximum atomic E-state index is 11.1. The third-order valence-electron chi connectivity index (χ3n) is 3.01. The molecule has 0 bridgehead atoms. The predicted molar refractivity (Wildman–Crippen MR) is 73.2 cm³/mol. The molecule has 0 saturated heterocycles. The molecule has 1 unspecified atom stereocenters. The molecule has 6 heteroatoms. The number of anilines is 1. The summed E-state index contributed by atoms with van der Waals surface area (Å²) in [7, 11) is 0. The average molecular weight is 261 g/mol. The molecule has 0 radical (unpaired) electrons. The molecule has 0 aliphatic carbocycles. The van der Waals surface area contributed by atoms with Gasteiger partial charge in [-0.05, 0) is 12.5 Å². The molecule has 2 rings (SSSR count). The molecule has 0 aliphatic heterocycles. The Bertz CT molecular complexity index is 597. The molecule has 1 aromatic heterocycles. The summed E-state index contributed by atoms with van der Waals surface area (Å²) in [6.45, 7) is 1.83. The van der Waals surface area contributed by atoms with Crippen LogP contribution in [0, 0.1) is 10.1 Å². The summed E-state index contributed by atoms with van der Waals surface area (Å²) in [4.78, 5) is 14.7. The number of nitrogens with zero attached hydrogens (tertiary/aromatic N) is 2. The van der Waals surface area contributed by atoms with Crippen LogP contribution in [-0.2, 0) is 0 Å². The zero-order valence-electron chi connectivity index (χ0n) is 10.5. The Hall–Kier alpha value is -2.21. The van der Waals surface area contributed by atoms with Crippen LogP contribution in [0.2, 0.25) is 0 Å². The zero-order chi connectivity index (χ0) is 13.8. The summed E-state index contributed by atoms with van der Waals surface area (Å²) < 4.78 is 0. The Morgan fingerprint density at radius 3 is 2.84 bits per heavy atom. The van der Waals surface area contributed by atoms with Crippen LogP contribution in [0.15, 0.2) is 30.5 Å². The molecule has 6 nitrogen and oxygen atoms in total. The summed E-state index contributed by atoms with van der Waals surface area (Å²) in [5.74, 6) is 0. The van der Waals surface area contributed by atoms with E-state index in [2.05, 4.69) is 10.3 Å². The van der Waals surface area contributed by atoms with Crippen LogP contribution in [-0.4, -0.2) is 27.7 Å². The van der Waals surface area contributed by atoms with Crippen molar-refractivity contribution in [3.8, 4) is 0 Å². The van der Waals surface area contributed by atoms with Crippen LogP contribution in [0.4, 0.5) is 11.4 Å². The van der Waals surface area contributed by atoms with E-state index in [1.165, 1.54) is 6.20 Å². The molecule has 0 fully saturated rings. The maximum absolute atomic E-state index is 11.1. The SMILES string of the molecule is CCC(CO)Nc1c([N+](=O)[O-])cnc2ccccc12. The third kappa shape index (κ3) is 2.63. The number of rotatable bonds is 5. The topological polar surface area (TPSA) is 88.3 Å². The van der Waals surface area contributed by atoms with Gasteiger partial charge in [0.15, 0.2) is 0 Å². The number of pyridine rings is 1. The van der Waals surface area contributed by atoms with Gasteiger partial charge in [-0.25, -0.2) is 4.98 Å². The summed E-state index contributed by atoms with van der Waals surface area (Å²) in [5.41, 5.74) is 1.02. The number of fused-ring (bicyclic) bond motifs is 1. The fourth-order valence-corrected chi connectivity index (χ4v) is 1.90. The van der Waals surface area contributed by atoms with Gasteiger partial charge < -0.3 is 10.4 Å². The number of nitro groups is 1. The number of hydrogen-bond donors (Lipinski definition) is 2. The zero-order valence-corrected chi connectivity index (χ0v) is 10.5. The maximum Gasteiger partial charge on any atom is 0.311 e. The fourth-order valence-electron chi connectivity index (χ4n) is 1.90. The molecular weight excluding hydrogens is 246 g/mol. The molecule has 100 valence electrons. The molecule has 1 aromatic carbocycles. The molecular formula is C13H15N3O3. The highest BCUT2D eigenvalue weighted by Crippen LogP contribution is 2.32. The molecule has 0 spiro atoms. The normalized spacial score (nSPS) is 12.3. The Morgan fingerprint density at radius 1 is 1.47 bits per heavy atom. The first kappa shape index (κ1) is 13.2. The predicted octanol–water partition coefficient (Wildman–Crippen LogP) is 2.33. The summed E-state index contributed by atoms with van der Waals surface area (Å²) in [6, 6.07) is 6.99. The molecule has 1 heterocycles. The summed E-state index contributed by atoms with van der Waals surface area (Å²) in [5, 5.41) is 24.1. The lowest BCUT2D eigenvalue weighted by Gasteiger charge is -2.16. The number of nitrogens with one attached hydrogen (secondary N) is 1. The minimum Gasteiger partial charge on any atom is -0.394 e. The third-order valence-corrected chi connectivity index (χ3v) is 3.01. The van der Waals surface area contributed by atoms with Gasteiger partial charge in [0.05, 0.1) is 17.0 Å². The van der Waals surface area contributed by atoms with E-state index >= 15 is 0 Å². The number of aliphatic hydroxyl groups is 1. The van der Waals surface area contributed by atoms with E-state index in [0.29, 0.717) is 23.0 Å². The van der Waals surface area contributed by atoms with Gasteiger partial charge in [-0.1, -0.05) is 25.1 Å². The van der Waals surface area contributed by atoms with E-state index in [0.717, 1.165) is 0 Å². The highest BCUT2D eigenvalue weighted by molar-refractivity contribution is 5.95. The standard InChI is InChI=1S/C13H15N3O3/c1-2-9(8-17)15-13-10-5-3-4-6-11(10)14-7-12(13)16(18)19/h3-7,9,17H,2,8H2,1H3,(H,14,15). The number of para-hydroxylation sites is 1. The van der Waals surface area contributed by atoms with Crippen molar-refractivity contribution in [2.75, 3.05) is 11.9 Å². The Kier molecular flexibility index (Phi) is 3.91. The van der Waals surface area contributed by atoms with E-state index in [1.807, 2.05) is 13.0 Å². The van der Waals surface area contributed by atoms with Crippen LogP contribution in [0.5, 0.6) is 0 Å². The Balaban J connectivity index is 2.58. The second kappa shape index (κ2) is 5.62. The van der Waals surface area contributed by atoms with Gasteiger partial charge in [0.1, 0.15) is 11.9 Å². The van der Waals surface area contributed by atoms with Gasteiger partial charge in [0, 0.05) is 11.4 Å². The fraction of sp³-hybridized carbons (Fsp3) is 0.308. The van der Waals surface area contributed by atoms with E-state index < -0.39 is 4.92 Å². The number of aromatic nitrogens is 1. The van der Waals surface area contributed by atoms with Crippen molar-refractivity contribution >= 4 is 22.3 Å². The van der Waals surface area contributed by atoms with Gasteiger partial charge in [-0.2, -0.15) is 0 Å². The lowest BCUT2D eigenvalue weighted by molar-refractivity contribution is -0.384. The smallest absolute Gasteiger partial charge is 0.311 e. The summed E-state index contributed by atoms with van der Waals surface area (Å²) >= 11 is 0. The van der Waals surface area contributed by atoms with Crippen LogP contribution >= 0.6 is 0 Å². The molecule has 0 saturated carbocycles. The second-order valence-corrected chi connectivity index (χ2v) is 4.22. The minimum atomic E-state index is -0.466. The molecule has 2 N–H and O–H groups in total. The number of aliphatic hydroxyl groups excluding tert-OH is 1. The number of benzene rings is 1. The molecule has 2 aromatic rings. The first-order valence-corrected chi connectivity index (χ1v) is 6.07. The highest BCUT2D eigenvalue weighted by atomic mass is 16.6. The van der Waals surface area contributed by atoms with Crippen LogP contribution < -0.4 is 5.32 Å². The van der Waals surface area contributed by atoms with E-state index in [4.69, 9.17) is 0 Å². The van der Waals surface area contributed by atoms with E-state index in [-0.39, 0.29) is 18.3 Å².